The Bertz CT molecular complexity index is 2480. The van der Waals surface area contributed by atoms with Crippen LogP contribution in [-0.4, -0.2) is 121 Å². The number of anilines is 1. The molecule has 0 radical (unpaired) electrons. The summed E-state index contributed by atoms with van der Waals surface area (Å²) >= 11 is 6.58. The summed E-state index contributed by atoms with van der Waals surface area (Å²) in [5.74, 6) is 7.27. The van der Waals surface area contributed by atoms with Crippen molar-refractivity contribution in [3.8, 4) is 17.6 Å². The number of unbranched alkanes of at least 4 members (excludes halogenated alkanes) is 3. The highest BCUT2D eigenvalue weighted by Crippen LogP contribution is 2.37. The molecule has 1 atom stereocenters. The fourth-order valence-corrected chi connectivity index (χ4v) is 11.1. The van der Waals surface area contributed by atoms with Gasteiger partial charge in [0.25, 0.3) is 5.91 Å². The van der Waals surface area contributed by atoms with Crippen molar-refractivity contribution in [2.75, 3.05) is 71.2 Å². The van der Waals surface area contributed by atoms with Gasteiger partial charge in [-0.1, -0.05) is 66.3 Å². The minimum atomic E-state index is -2.47. The number of carbonyl (C=O) groups excluding carboxylic acids is 3. The summed E-state index contributed by atoms with van der Waals surface area (Å²) in [4.78, 5) is 56.0. The number of ether oxygens (including phenoxy) is 1. The lowest BCUT2D eigenvalue weighted by atomic mass is 10.0. The first kappa shape index (κ1) is 45.5. The molecule has 1 unspecified atom stereocenters. The van der Waals surface area contributed by atoms with Crippen molar-refractivity contribution >= 4 is 47.5 Å². The van der Waals surface area contributed by atoms with Crippen molar-refractivity contribution in [3.63, 3.8) is 0 Å². The number of piperidine rings is 2. The highest BCUT2D eigenvalue weighted by Gasteiger charge is 2.39. The zero-order valence-corrected chi connectivity index (χ0v) is 38.9. The van der Waals surface area contributed by atoms with Crippen molar-refractivity contribution in [2.45, 2.75) is 82.8 Å². The Morgan fingerprint density at radius 2 is 1.69 bits per heavy atom. The Hall–Kier alpha value is -5.05. The molecule has 3 fully saturated rings. The lowest BCUT2D eigenvalue weighted by Crippen LogP contribution is -2.53. The molecule has 4 aliphatic rings. The van der Waals surface area contributed by atoms with Crippen molar-refractivity contribution < 1.29 is 23.7 Å². The van der Waals surface area contributed by atoms with E-state index in [4.69, 9.17) is 21.3 Å². The fourth-order valence-electron chi connectivity index (χ4n) is 9.69. The Morgan fingerprint density at radius 1 is 0.891 bits per heavy atom. The van der Waals surface area contributed by atoms with Gasteiger partial charge in [-0.3, -0.25) is 24.6 Å². The monoisotopic (exact) mass is 903 g/mol. The first-order chi connectivity index (χ1) is 30.9. The normalized spacial score (nSPS) is 18.8. The molecule has 0 bridgehead atoms. The van der Waals surface area contributed by atoms with Crippen LogP contribution in [-0.2, 0) is 33.5 Å². The number of hydrogen-bond donors (Lipinski definition) is 1. The zero-order chi connectivity index (χ0) is 44.8. The van der Waals surface area contributed by atoms with Gasteiger partial charge in [0.05, 0.1) is 17.8 Å². The van der Waals surface area contributed by atoms with E-state index in [1.807, 2.05) is 36.4 Å². The Morgan fingerprint density at radius 3 is 2.45 bits per heavy atom. The molecule has 12 nitrogen and oxygen atoms in total. The lowest BCUT2D eigenvalue weighted by Gasteiger charge is -2.43. The predicted octanol–water partition coefficient (Wildman–Crippen LogP) is 6.53. The number of nitrogens with one attached hydrogen (secondary N) is 1. The van der Waals surface area contributed by atoms with E-state index in [1.54, 1.807) is 37.6 Å². The summed E-state index contributed by atoms with van der Waals surface area (Å²) in [5.41, 5.74) is 6.20. The third-order valence-corrected chi connectivity index (χ3v) is 15.2. The molecular formula is C50H59ClN7O5P. The number of nitrogens with zero attached hydrogens (tertiary/aromatic N) is 6. The van der Waals surface area contributed by atoms with Crippen molar-refractivity contribution in [3.05, 3.63) is 111 Å². The summed E-state index contributed by atoms with van der Waals surface area (Å²) in [6.07, 6.45) is 9.66. The van der Waals surface area contributed by atoms with Crippen LogP contribution in [0.2, 0.25) is 5.02 Å². The number of benzene rings is 3. The Kier molecular flexibility index (Phi) is 14.5. The maximum atomic E-state index is 13.1. The molecule has 3 amide bonds. The molecule has 64 heavy (non-hydrogen) atoms. The van der Waals surface area contributed by atoms with E-state index < -0.39 is 19.1 Å². The van der Waals surface area contributed by atoms with Crippen LogP contribution < -0.4 is 20.3 Å². The van der Waals surface area contributed by atoms with Crippen LogP contribution in [0.3, 0.4) is 0 Å². The van der Waals surface area contributed by atoms with Crippen LogP contribution in [0.4, 0.5) is 5.69 Å². The summed E-state index contributed by atoms with van der Waals surface area (Å²) in [6, 6.07) is 19.9. The van der Waals surface area contributed by atoms with E-state index in [0.29, 0.717) is 48.3 Å². The number of fused-ring (bicyclic) bond motifs is 1. The Labute approximate surface area is 382 Å². The van der Waals surface area contributed by atoms with Gasteiger partial charge in [0.2, 0.25) is 11.8 Å². The quantitative estimate of drug-likeness (QED) is 0.0647. The molecule has 1 N–H and O–H groups in total. The largest absolute Gasteiger partial charge is 0.496 e. The van der Waals surface area contributed by atoms with E-state index in [9.17, 15) is 18.9 Å². The van der Waals surface area contributed by atoms with Gasteiger partial charge in [-0.2, -0.15) is 0 Å². The molecule has 0 spiro atoms. The standard InChI is InChI=1S/C50H59ClN7O5P/c1-63-45-32-39(18-17-36(45)31-47-52-33-42(51)43(53-47)30-37-13-8-9-16-46(37)64(2,3)62)56-24-21-38(22-25-56)57-28-26-55(27-29-57)23-10-6-4-5-7-12-35-14-11-15-40-41(35)34-58(50(40)61)44-19-20-48(59)54-49(44)60/h8-9,11,13-18,32-33,38,44H,4-6,10,19-31,34H2,1-3H3,(H,54,59,60). The van der Waals surface area contributed by atoms with Gasteiger partial charge < -0.3 is 24.0 Å². The maximum Gasteiger partial charge on any atom is 0.255 e. The molecule has 4 aliphatic heterocycles. The Balaban J connectivity index is 0.748. The molecule has 336 valence electrons. The second-order valence-corrected chi connectivity index (χ2v) is 21.4. The molecule has 0 aliphatic carbocycles. The maximum absolute atomic E-state index is 13.1. The van der Waals surface area contributed by atoms with E-state index in [-0.39, 0.29) is 18.2 Å². The second kappa shape index (κ2) is 20.4. The number of rotatable bonds is 14. The number of halogens is 1. The number of carbonyl (C=O) groups is 3. The first-order valence-corrected chi connectivity index (χ1v) is 25.7. The molecule has 1 aromatic heterocycles. The van der Waals surface area contributed by atoms with Crippen molar-refractivity contribution in [1.29, 1.82) is 0 Å². The molecule has 4 aromatic rings. The van der Waals surface area contributed by atoms with Gasteiger partial charge in [0, 0.05) is 117 Å². The van der Waals surface area contributed by atoms with Crippen LogP contribution in [0.25, 0.3) is 0 Å². The van der Waals surface area contributed by atoms with Gasteiger partial charge in [-0.05, 0) is 81.3 Å². The van der Waals surface area contributed by atoms with Crippen LogP contribution >= 0.6 is 18.7 Å². The highest BCUT2D eigenvalue weighted by atomic mass is 35.5. The topological polar surface area (TPSA) is 128 Å². The fraction of sp³-hybridized carbons (Fsp3) is 0.460. The van der Waals surface area contributed by atoms with E-state index in [2.05, 4.69) is 55.0 Å². The number of aromatic nitrogens is 2. The summed E-state index contributed by atoms with van der Waals surface area (Å²) < 4.78 is 18.9. The average molecular weight is 904 g/mol. The van der Waals surface area contributed by atoms with Gasteiger partial charge in [-0.25, -0.2) is 9.97 Å². The van der Waals surface area contributed by atoms with E-state index >= 15 is 0 Å². The summed E-state index contributed by atoms with van der Waals surface area (Å²) in [5, 5.41) is 3.72. The number of amides is 3. The number of piperazine rings is 1. The zero-order valence-electron chi connectivity index (χ0n) is 37.3. The van der Waals surface area contributed by atoms with Crippen molar-refractivity contribution in [1.82, 2.24) is 30.0 Å². The third kappa shape index (κ3) is 10.7. The summed E-state index contributed by atoms with van der Waals surface area (Å²) in [6.45, 7) is 11.5. The molecular weight excluding hydrogens is 845 g/mol. The van der Waals surface area contributed by atoms with Gasteiger partial charge >= 0.3 is 0 Å². The number of hydrogen-bond acceptors (Lipinski definition) is 10. The number of imide groups is 1. The molecule has 3 saturated heterocycles. The smallest absolute Gasteiger partial charge is 0.255 e. The van der Waals surface area contributed by atoms with Gasteiger partial charge in [0.1, 0.15) is 24.8 Å². The lowest BCUT2D eigenvalue weighted by molar-refractivity contribution is -0.136. The second-order valence-electron chi connectivity index (χ2n) is 17.9. The molecule has 14 heteroatoms. The first-order valence-electron chi connectivity index (χ1n) is 22.7. The van der Waals surface area contributed by atoms with Crippen LogP contribution in [0.1, 0.15) is 95.5 Å². The van der Waals surface area contributed by atoms with E-state index in [0.717, 1.165) is 123 Å². The molecule has 3 aromatic carbocycles. The van der Waals surface area contributed by atoms with Crippen molar-refractivity contribution in [2.24, 2.45) is 0 Å². The molecule has 0 saturated carbocycles. The number of methoxy groups -OCH3 is 1. The molecule has 5 heterocycles. The minimum absolute atomic E-state index is 0.166. The van der Waals surface area contributed by atoms with Crippen LogP contribution in [0.15, 0.2) is 66.9 Å². The van der Waals surface area contributed by atoms with Crippen LogP contribution in [0.5, 0.6) is 5.75 Å². The predicted molar refractivity (Wildman–Crippen MR) is 252 cm³/mol. The van der Waals surface area contributed by atoms with Gasteiger partial charge in [0.15, 0.2) is 0 Å². The highest BCUT2D eigenvalue weighted by molar-refractivity contribution is 7.70. The molecule has 8 rings (SSSR count). The average Bonchev–Trinajstić information content (AvgIpc) is 3.63. The SMILES string of the molecule is COc1cc(N2CCC(N3CCN(CCCCCC#Cc4cccc5c4CN(C4CCC(=O)NC4=O)C5=O)CC3)CC2)ccc1Cc1ncc(Cl)c(Cc2ccccc2P(C)(C)=O)n1. The minimum Gasteiger partial charge on any atom is -0.496 e. The van der Waals surface area contributed by atoms with Crippen LogP contribution in [0, 0.1) is 11.8 Å². The van der Waals surface area contributed by atoms with Gasteiger partial charge in [-0.15, -0.1) is 0 Å². The third-order valence-electron chi connectivity index (χ3n) is 13.2. The van der Waals surface area contributed by atoms with E-state index in [1.165, 1.54) is 5.69 Å². The summed E-state index contributed by atoms with van der Waals surface area (Å²) in [7, 11) is -0.750.